The van der Waals surface area contributed by atoms with Crippen LogP contribution < -0.4 is 0 Å². The second kappa shape index (κ2) is 5.48. The Labute approximate surface area is 86.5 Å². The third kappa shape index (κ3) is 3.65. The lowest BCUT2D eigenvalue weighted by atomic mass is 10.1. The summed E-state index contributed by atoms with van der Waals surface area (Å²) in [5.41, 5.74) is 2.48. The Balaban J connectivity index is 2.42. The maximum atomic E-state index is 3.18. The normalized spacial score (nSPS) is 12.3. The lowest BCUT2D eigenvalue weighted by molar-refractivity contribution is 0.664. The van der Waals surface area contributed by atoms with E-state index in [0.717, 1.165) is 12.3 Å². The van der Waals surface area contributed by atoms with E-state index in [1.54, 1.807) is 0 Å². The van der Waals surface area contributed by atoms with Crippen molar-refractivity contribution in [3.63, 3.8) is 0 Å². The van der Waals surface area contributed by atoms with Crippen LogP contribution in [0.5, 0.6) is 0 Å². The first-order chi connectivity index (χ1) is 6.70. The standard InChI is InChI=1S/C13H19N/c1-11(2)7-5-4-6-8-13-12(3)9-10-14-13/h4-6,8-11,14H,7H2,1-3H3/b5-4-,8-6-. The van der Waals surface area contributed by atoms with Crippen molar-refractivity contribution in [2.75, 3.05) is 0 Å². The second-order valence-electron chi connectivity index (χ2n) is 3.99. The van der Waals surface area contributed by atoms with Crippen LogP contribution in [0, 0.1) is 12.8 Å². The highest BCUT2D eigenvalue weighted by Gasteiger charge is 1.90. The Morgan fingerprint density at radius 1 is 1.36 bits per heavy atom. The smallest absolute Gasteiger partial charge is 0.0409 e. The van der Waals surface area contributed by atoms with E-state index in [2.05, 4.69) is 56.1 Å². The molecule has 0 fully saturated rings. The number of rotatable bonds is 4. The molecule has 0 aliphatic heterocycles. The lowest BCUT2D eigenvalue weighted by Crippen LogP contribution is -1.80. The molecule has 14 heavy (non-hydrogen) atoms. The van der Waals surface area contributed by atoms with Crippen molar-refractivity contribution in [3.05, 3.63) is 41.7 Å². The van der Waals surface area contributed by atoms with Crippen LogP contribution >= 0.6 is 0 Å². The van der Waals surface area contributed by atoms with Gasteiger partial charge in [0.2, 0.25) is 0 Å². The minimum Gasteiger partial charge on any atom is -0.361 e. The van der Waals surface area contributed by atoms with Crippen LogP contribution in [0.15, 0.2) is 30.5 Å². The van der Waals surface area contributed by atoms with E-state index in [4.69, 9.17) is 0 Å². The van der Waals surface area contributed by atoms with Crippen molar-refractivity contribution in [1.82, 2.24) is 4.98 Å². The summed E-state index contributed by atoms with van der Waals surface area (Å²) < 4.78 is 0. The Hall–Kier alpha value is -1.24. The molecule has 0 bridgehead atoms. The molecule has 0 spiro atoms. The zero-order valence-electron chi connectivity index (χ0n) is 9.25. The van der Waals surface area contributed by atoms with E-state index in [1.165, 1.54) is 11.3 Å². The van der Waals surface area contributed by atoms with Gasteiger partial charge in [0, 0.05) is 11.9 Å². The average Bonchev–Trinajstić information content (AvgIpc) is 2.51. The largest absolute Gasteiger partial charge is 0.361 e. The monoisotopic (exact) mass is 189 g/mol. The zero-order chi connectivity index (χ0) is 10.4. The van der Waals surface area contributed by atoms with E-state index in [9.17, 15) is 0 Å². The van der Waals surface area contributed by atoms with Crippen molar-refractivity contribution >= 4 is 6.08 Å². The maximum Gasteiger partial charge on any atom is 0.0409 e. The number of nitrogens with one attached hydrogen (secondary N) is 1. The first-order valence-electron chi connectivity index (χ1n) is 5.17. The number of aromatic amines is 1. The fourth-order valence-corrected chi connectivity index (χ4v) is 1.22. The first kappa shape index (κ1) is 10.8. The molecule has 0 saturated carbocycles. The molecular weight excluding hydrogens is 170 g/mol. The third-order valence-electron chi connectivity index (χ3n) is 2.11. The quantitative estimate of drug-likeness (QED) is 0.690. The molecule has 1 N–H and O–H groups in total. The molecule has 0 aromatic carbocycles. The fourth-order valence-electron chi connectivity index (χ4n) is 1.22. The molecule has 0 unspecified atom stereocenters. The van der Waals surface area contributed by atoms with Crippen LogP contribution in [0.2, 0.25) is 0 Å². The van der Waals surface area contributed by atoms with Gasteiger partial charge in [-0.05, 0) is 37.0 Å². The molecule has 1 rings (SSSR count). The number of hydrogen-bond donors (Lipinski definition) is 1. The Morgan fingerprint density at radius 3 is 2.71 bits per heavy atom. The van der Waals surface area contributed by atoms with E-state index in [-0.39, 0.29) is 0 Å². The van der Waals surface area contributed by atoms with Gasteiger partial charge in [0.1, 0.15) is 0 Å². The van der Waals surface area contributed by atoms with Gasteiger partial charge < -0.3 is 4.98 Å². The highest BCUT2D eigenvalue weighted by Crippen LogP contribution is 2.06. The number of aryl methyl sites for hydroxylation is 1. The summed E-state index contributed by atoms with van der Waals surface area (Å²) >= 11 is 0. The highest BCUT2D eigenvalue weighted by atomic mass is 14.7. The van der Waals surface area contributed by atoms with Crippen LogP contribution in [0.4, 0.5) is 0 Å². The molecule has 0 aliphatic carbocycles. The van der Waals surface area contributed by atoms with Gasteiger partial charge in [-0.3, -0.25) is 0 Å². The Bertz CT molecular complexity index is 316. The molecule has 0 radical (unpaired) electrons. The van der Waals surface area contributed by atoms with Crippen LogP contribution in [-0.2, 0) is 0 Å². The highest BCUT2D eigenvalue weighted by molar-refractivity contribution is 5.50. The molecule has 1 aromatic heterocycles. The van der Waals surface area contributed by atoms with Crippen molar-refractivity contribution in [1.29, 1.82) is 0 Å². The summed E-state index contributed by atoms with van der Waals surface area (Å²) in [6.07, 6.45) is 11.6. The van der Waals surface area contributed by atoms with Crippen molar-refractivity contribution in [2.24, 2.45) is 5.92 Å². The first-order valence-corrected chi connectivity index (χ1v) is 5.17. The minimum absolute atomic E-state index is 0.742. The molecule has 0 saturated heterocycles. The van der Waals surface area contributed by atoms with Gasteiger partial charge in [-0.1, -0.05) is 32.1 Å². The minimum atomic E-state index is 0.742. The maximum absolute atomic E-state index is 3.18. The average molecular weight is 189 g/mol. The van der Waals surface area contributed by atoms with E-state index < -0.39 is 0 Å². The van der Waals surface area contributed by atoms with E-state index in [0.29, 0.717) is 0 Å². The predicted octanol–water partition coefficient (Wildman–Crippen LogP) is 3.94. The van der Waals surface area contributed by atoms with Gasteiger partial charge in [-0.2, -0.15) is 0 Å². The number of hydrogen-bond acceptors (Lipinski definition) is 0. The number of H-pyrrole nitrogens is 1. The topological polar surface area (TPSA) is 15.8 Å². The van der Waals surface area contributed by atoms with Crippen LogP contribution in [0.1, 0.15) is 31.5 Å². The van der Waals surface area contributed by atoms with Gasteiger partial charge in [0.05, 0.1) is 0 Å². The van der Waals surface area contributed by atoms with Crippen molar-refractivity contribution < 1.29 is 0 Å². The van der Waals surface area contributed by atoms with E-state index >= 15 is 0 Å². The zero-order valence-corrected chi connectivity index (χ0v) is 9.25. The van der Waals surface area contributed by atoms with Crippen LogP contribution in [-0.4, -0.2) is 4.98 Å². The van der Waals surface area contributed by atoms with Crippen LogP contribution in [0.25, 0.3) is 6.08 Å². The summed E-state index contributed by atoms with van der Waals surface area (Å²) in [4.78, 5) is 3.18. The number of allylic oxidation sites excluding steroid dienone is 3. The summed E-state index contributed by atoms with van der Waals surface area (Å²) in [6.45, 7) is 6.56. The Kier molecular flexibility index (Phi) is 4.24. The second-order valence-corrected chi connectivity index (χ2v) is 3.99. The summed E-state index contributed by atoms with van der Waals surface area (Å²) in [7, 11) is 0. The van der Waals surface area contributed by atoms with Gasteiger partial charge in [0.25, 0.3) is 0 Å². The van der Waals surface area contributed by atoms with Crippen molar-refractivity contribution in [2.45, 2.75) is 27.2 Å². The predicted molar refractivity (Wildman–Crippen MR) is 63.2 cm³/mol. The van der Waals surface area contributed by atoms with Gasteiger partial charge in [-0.25, -0.2) is 0 Å². The van der Waals surface area contributed by atoms with Crippen molar-refractivity contribution in [3.8, 4) is 0 Å². The van der Waals surface area contributed by atoms with Gasteiger partial charge >= 0.3 is 0 Å². The summed E-state index contributed by atoms with van der Waals surface area (Å²) in [5, 5.41) is 0. The summed E-state index contributed by atoms with van der Waals surface area (Å²) in [5.74, 6) is 0.742. The molecule has 1 heterocycles. The van der Waals surface area contributed by atoms with Gasteiger partial charge in [0.15, 0.2) is 0 Å². The molecule has 0 aliphatic rings. The Morgan fingerprint density at radius 2 is 2.14 bits per heavy atom. The SMILES string of the molecule is Cc1cc[nH]c1/C=C\C=C/CC(C)C. The molecule has 1 aromatic rings. The van der Waals surface area contributed by atoms with Crippen LogP contribution in [0.3, 0.4) is 0 Å². The third-order valence-corrected chi connectivity index (χ3v) is 2.11. The lowest BCUT2D eigenvalue weighted by Gasteiger charge is -1.94. The molecule has 1 heteroatoms. The fraction of sp³-hybridized carbons (Fsp3) is 0.385. The molecular formula is C13H19N. The summed E-state index contributed by atoms with van der Waals surface area (Å²) in [6, 6.07) is 2.08. The molecule has 0 atom stereocenters. The molecule has 0 amide bonds. The van der Waals surface area contributed by atoms with Gasteiger partial charge in [-0.15, -0.1) is 0 Å². The molecule has 76 valence electrons. The van der Waals surface area contributed by atoms with E-state index in [1.807, 2.05) is 6.20 Å². The number of aromatic nitrogens is 1. The molecule has 1 nitrogen and oxygen atoms in total.